The minimum atomic E-state index is -0.411. The van der Waals surface area contributed by atoms with E-state index >= 15 is 0 Å². The number of aromatic amines is 1. The third-order valence-corrected chi connectivity index (χ3v) is 4.91. The zero-order valence-electron chi connectivity index (χ0n) is 16.4. The van der Waals surface area contributed by atoms with E-state index in [9.17, 15) is 9.59 Å². The average Bonchev–Trinajstić information content (AvgIpc) is 3.15. The molecule has 3 rings (SSSR count). The van der Waals surface area contributed by atoms with Crippen LogP contribution >= 0.6 is 0 Å². The van der Waals surface area contributed by atoms with E-state index in [4.69, 9.17) is 4.74 Å². The number of amides is 1. The van der Waals surface area contributed by atoms with Crippen molar-refractivity contribution < 1.29 is 14.3 Å². The zero-order chi connectivity index (χ0) is 20.1. The van der Waals surface area contributed by atoms with Gasteiger partial charge in [0.15, 0.2) is 5.78 Å². The lowest BCUT2D eigenvalue weighted by Gasteiger charge is -2.26. The van der Waals surface area contributed by atoms with Crippen molar-refractivity contribution in [3.8, 4) is 5.75 Å². The van der Waals surface area contributed by atoms with Gasteiger partial charge in [-0.2, -0.15) is 0 Å². The maximum atomic E-state index is 13.0. The van der Waals surface area contributed by atoms with Crippen LogP contribution in [0.15, 0.2) is 54.7 Å². The van der Waals surface area contributed by atoms with Crippen molar-refractivity contribution in [3.05, 3.63) is 60.3 Å². The third kappa shape index (κ3) is 4.23. The van der Waals surface area contributed by atoms with E-state index in [0.29, 0.717) is 17.8 Å². The molecule has 0 aliphatic heterocycles. The van der Waals surface area contributed by atoms with E-state index in [1.54, 1.807) is 37.6 Å². The van der Waals surface area contributed by atoms with Crippen molar-refractivity contribution in [2.75, 3.05) is 25.5 Å². The Hall–Kier alpha value is -3.12. The van der Waals surface area contributed by atoms with Gasteiger partial charge in [0, 0.05) is 28.4 Å². The van der Waals surface area contributed by atoms with Crippen molar-refractivity contribution in [2.24, 2.45) is 0 Å². The Balaban J connectivity index is 1.67. The fraction of sp³-hybridized carbons (Fsp3) is 0.273. The number of hydrogen-bond acceptors (Lipinski definition) is 4. The topological polar surface area (TPSA) is 74.4 Å². The molecule has 1 heterocycles. The van der Waals surface area contributed by atoms with Crippen LogP contribution in [0.5, 0.6) is 5.75 Å². The van der Waals surface area contributed by atoms with Crippen molar-refractivity contribution in [1.82, 2.24) is 9.88 Å². The van der Waals surface area contributed by atoms with Gasteiger partial charge in [0.25, 0.3) is 0 Å². The maximum Gasteiger partial charge on any atom is 0.238 e. The van der Waals surface area contributed by atoms with Gasteiger partial charge in [-0.25, -0.2) is 0 Å². The van der Waals surface area contributed by atoms with Gasteiger partial charge in [0.2, 0.25) is 5.91 Å². The Kier molecular flexibility index (Phi) is 6.11. The van der Waals surface area contributed by atoms with Gasteiger partial charge in [-0.15, -0.1) is 0 Å². The molecule has 0 spiro atoms. The number of para-hydroxylation sites is 1. The SMILES string of the molecule is CCN(CC(=O)Nc1ccc(OC)cc1)[C@@H](C)C(=O)c1c[nH]c2ccccc12. The first-order valence-electron chi connectivity index (χ1n) is 9.31. The molecule has 28 heavy (non-hydrogen) atoms. The summed E-state index contributed by atoms with van der Waals surface area (Å²) in [6.07, 6.45) is 1.74. The summed E-state index contributed by atoms with van der Waals surface area (Å²) in [5.41, 5.74) is 2.27. The van der Waals surface area contributed by atoms with Gasteiger partial charge in [0.05, 0.1) is 19.7 Å². The number of rotatable bonds is 8. The standard InChI is InChI=1S/C22H25N3O3/c1-4-25(14-21(26)24-16-9-11-17(28-3)12-10-16)15(2)22(27)19-13-23-20-8-6-5-7-18(19)20/h5-13,15,23H,4,14H2,1-3H3,(H,24,26)/t15-/m0/s1. The number of Topliss-reactive ketones (excluding diaryl/α,β-unsaturated/α-hetero) is 1. The van der Waals surface area contributed by atoms with Crippen LogP contribution in [-0.4, -0.2) is 47.8 Å². The molecular formula is C22H25N3O3. The van der Waals surface area contributed by atoms with Crippen molar-refractivity contribution >= 4 is 28.3 Å². The number of likely N-dealkylation sites (N-methyl/N-ethyl adjacent to an activating group) is 1. The van der Waals surface area contributed by atoms with Crippen LogP contribution in [0.4, 0.5) is 5.69 Å². The van der Waals surface area contributed by atoms with E-state index in [1.165, 1.54) is 0 Å². The fourth-order valence-electron chi connectivity index (χ4n) is 3.25. The molecule has 3 aromatic rings. The number of fused-ring (bicyclic) bond motifs is 1. The Morgan fingerprint density at radius 2 is 1.86 bits per heavy atom. The average molecular weight is 379 g/mol. The van der Waals surface area contributed by atoms with Crippen LogP contribution in [-0.2, 0) is 4.79 Å². The number of H-pyrrole nitrogens is 1. The number of ketones is 1. The summed E-state index contributed by atoms with van der Waals surface area (Å²) in [7, 11) is 1.60. The molecule has 146 valence electrons. The highest BCUT2D eigenvalue weighted by molar-refractivity contribution is 6.10. The minimum absolute atomic E-state index is 0.00320. The molecular weight excluding hydrogens is 354 g/mol. The van der Waals surface area contributed by atoms with E-state index in [-0.39, 0.29) is 18.2 Å². The molecule has 0 aliphatic rings. The molecule has 6 nitrogen and oxygen atoms in total. The third-order valence-electron chi connectivity index (χ3n) is 4.91. The van der Waals surface area contributed by atoms with Crippen molar-refractivity contribution in [2.45, 2.75) is 19.9 Å². The molecule has 0 bridgehead atoms. The quantitative estimate of drug-likeness (QED) is 0.585. The Morgan fingerprint density at radius 1 is 1.14 bits per heavy atom. The summed E-state index contributed by atoms with van der Waals surface area (Å²) >= 11 is 0. The van der Waals surface area contributed by atoms with Gasteiger partial charge in [-0.05, 0) is 43.8 Å². The normalized spacial score (nSPS) is 12.1. The number of aromatic nitrogens is 1. The number of carbonyl (C=O) groups excluding carboxylic acids is 2. The van der Waals surface area contributed by atoms with Crippen LogP contribution in [0.3, 0.4) is 0 Å². The number of nitrogens with zero attached hydrogens (tertiary/aromatic N) is 1. The number of nitrogens with one attached hydrogen (secondary N) is 2. The lowest BCUT2D eigenvalue weighted by Crippen LogP contribution is -2.43. The minimum Gasteiger partial charge on any atom is -0.497 e. The summed E-state index contributed by atoms with van der Waals surface area (Å²) in [5.74, 6) is 0.563. The van der Waals surface area contributed by atoms with Gasteiger partial charge >= 0.3 is 0 Å². The molecule has 6 heteroatoms. The molecule has 0 radical (unpaired) electrons. The summed E-state index contributed by atoms with van der Waals surface area (Å²) in [5, 5.41) is 3.76. The van der Waals surface area contributed by atoms with E-state index in [1.807, 2.05) is 43.0 Å². The molecule has 0 aliphatic carbocycles. The van der Waals surface area contributed by atoms with Crippen LogP contribution in [0.2, 0.25) is 0 Å². The van der Waals surface area contributed by atoms with Crippen LogP contribution in [0, 0.1) is 0 Å². The molecule has 0 unspecified atom stereocenters. The number of methoxy groups -OCH3 is 1. The number of hydrogen-bond donors (Lipinski definition) is 2. The monoisotopic (exact) mass is 379 g/mol. The first-order chi connectivity index (χ1) is 13.5. The predicted molar refractivity (Wildman–Crippen MR) is 111 cm³/mol. The summed E-state index contributed by atoms with van der Waals surface area (Å²) in [6.45, 7) is 4.51. The highest BCUT2D eigenvalue weighted by Gasteiger charge is 2.25. The molecule has 0 saturated carbocycles. The first kappa shape index (κ1) is 19.6. The number of anilines is 1. The molecule has 2 aromatic carbocycles. The van der Waals surface area contributed by atoms with Crippen LogP contribution < -0.4 is 10.1 Å². The fourth-order valence-corrected chi connectivity index (χ4v) is 3.25. The number of carbonyl (C=O) groups is 2. The van der Waals surface area contributed by atoms with Gasteiger partial charge in [-0.3, -0.25) is 14.5 Å². The van der Waals surface area contributed by atoms with Crippen molar-refractivity contribution in [3.63, 3.8) is 0 Å². The van der Waals surface area contributed by atoms with Crippen LogP contribution in [0.1, 0.15) is 24.2 Å². The largest absolute Gasteiger partial charge is 0.497 e. The second kappa shape index (κ2) is 8.71. The highest BCUT2D eigenvalue weighted by Crippen LogP contribution is 2.21. The van der Waals surface area contributed by atoms with Gasteiger partial charge < -0.3 is 15.0 Å². The van der Waals surface area contributed by atoms with Crippen molar-refractivity contribution in [1.29, 1.82) is 0 Å². The van der Waals surface area contributed by atoms with Gasteiger partial charge in [0.1, 0.15) is 5.75 Å². The predicted octanol–water partition coefficient (Wildman–Crippen LogP) is 3.71. The zero-order valence-corrected chi connectivity index (χ0v) is 16.4. The molecule has 1 amide bonds. The van der Waals surface area contributed by atoms with Crippen LogP contribution in [0.25, 0.3) is 10.9 Å². The van der Waals surface area contributed by atoms with Gasteiger partial charge in [-0.1, -0.05) is 25.1 Å². The smallest absolute Gasteiger partial charge is 0.238 e. The number of benzene rings is 2. The lowest BCUT2D eigenvalue weighted by molar-refractivity contribution is -0.117. The highest BCUT2D eigenvalue weighted by atomic mass is 16.5. The van der Waals surface area contributed by atoms with E-state index in [0.717, 1.165) is 16.7 Å². The first-order valence-corrected chi connectivity index (χ1v) is 9.31. The molecule has 1 aromatic heterocycles. The molecule has 0 fully saturated rings. The summed E-state index contributed by atoms with van der Waals surface area (Å²) in [6, 6.07) is 14.4. The summed E-state index contributed by atoms with van der Waals surface area (Å²) in [4.78, 5) is 30.5. The second-order valence-electron chi connectivity index (χ2n) is 6.63. The van der Waals surface area contributed by atoms with E-state index in [2.05, 4.69) is 10.3 Å². The lowest BCUT2D eigenvalue weighted by atomic mass is 10.0. The Morgan fingerprint density at radius 3 is 2.54 bits per heavy atom. The Labute approximate surface area is 164 Å². The van der Waals surface area contributed by atoms with E-state index < -0.39 is 6.04 Å². The maximum absolute atomic E-state index is 13.0. The molecule has 1 atom stereocenters. The summed E-state index contributed by atoms with van der Waals surface area (Å²) < 4.78 is 5.12. The molecule has 2 N–H and O–H groups in total. The number of ether oxygens (including phenoxy) is 1. The second-order valence-corrected chi connectivity index (χ2v) is 6.63. The Bertz CT molecular complexity index is 963. The molecule has 0 saturated heterocycles.